The van der Waals surface area contributed by atoms with Crippen LogP contribution in [0.4, 0.5) is 0 Å². The smallest absolute Gasteiger partial charge is 0.255 e. The summed E-state index contributed by atoms with van der Waals surface area (Å²) in [5.74, 6) is 7.46. The molecule has 9 rings (SSSR count). The molecule has 0 bridgehead atoms. The van der Waals surface area contributed by atoms with Crippen molar-refractivity contribution in [3.63, 3.8) is 0 Å². The number of aliphatic imine (C=N–C) groups is 1. The summed E-state index contributed by atoms with van der Waals surface area (Å²) in [6.45, 7) is 6.15. The molecule has 56 heavy (non-hydrogen) atoms. The molecule has 3 aliphatic rings. The molecule has 1 N–H and O–H groups in total. The summed E-state index contributed by atoms with van der Waals surface area (Å²) in [7, 11) is 0. The number of fused-ring (bicyclic) bond motifs is 4. The van der Waals surface area contributed by atoms with Crippen LogP contribution in [0.2, 0.25) is 5.02 Å². The lowest BCUT2D eigenvalue weighted by Crippen LogP contribution is -2.52. The number of benzene rings is 2. The highest BCUT2D eigenvalue weighted by Gasteiger charge is 2.39. The second-order valence-corrected chi connectivity index (χ2v) is 15.5. The van der Waals surface area contributed by atoms with Crippen LogP contribution in [-0.4, -0.2) is 68.5 Å². The lowest BCUT2D eigenvalue weighted by atomic mass is 9.99. The van der Waals surface area contributed by atoms with Crippen LogP contribution in [0.25, 0.3) is 5.00 Å². The fourth-order valence-corrected chi connectivity index (χ4v) is 8.96. The first-order chi connectivity index (χ1) is 27.2. The molecule has 13 nitrogen and oxygen atoms in total. The lowest BCUT2D eigenvalue weighted by molar-refractivity contribution is -0.136. The number of hydrogen-bond acceptors (Lipinski definition) is 9. The maximum absolute atomic E-state index is 13.2. The highest BCUT2D eigenvalue weighted by atomic mass is 35.5. The van der Waals surface area contributed by atoms with Gasteiger partial charge in [-0.25, -0.2) is 4.98 Å². The van der Waals surface area contributed by atoms with E-state index < -0.39 is 11.9 Å². The van der Waals surface area contributed by atoms with Crippen molar-refractivity contribution in [2.75, 3.05) is 0 Å². The van der Waals surface area contributed by atoms with Gasteiger partial charge in [-0.2, -0.15) is 5.10 Å². The summed E-state index contributed by atoms with van der Waals surface area (Å²) < 4.78 is 6.02. The molecule has 280 valence electrons. The maximum Gasteiger partial charge on any atom is 0.255 e. The minimum absolute atomic E-state index is 0.163. The number of imide groups is 1. The Kier molecular flexibility index (Phi) is 9.19. The van der Waals surface area contributed by atoms with Crippen molar-refractivity contribution >= 4 is 46.4 Å². The molecule has 4 aromatic heterocycles. The quantitative estimate of drug-likeness (QED) is 0.169. The second-order valence-electron chi connectivity index (χ2n) is 14.1. The number of nitrogens with one attached hydrogen (secondary N) is 1. The van der Waals surface area contributed by atoms with Crippen molar-refractivity contribution < 1.29 is 14.4 Å². The average Bonchev–Trinajstić information content (AvgIpc) is 4.02. The topological polar surface area (TPSA) is 145 Å². The van der Waals surface area contributed by atoms with E-state index in [-0.39, 0.29) is 18.2 Å². The van der Waals surface area contributed by atoms with Gasteiger partial charge in [-0.1, -0.05) is 47.7 Å². The van der Waals surface area contributed by atoms with E-state index in [0.717, 1.165) is 66.3 Å². The average molecular weight is 783 g/mol. The zero-order valence-electron chi connectivity index (χ0n) is 30.6. The van der Waals surface area contributed by atoms with Crippen LogP contribution in [0.5, 0.6) is 0 Å². The third-order valence-corrected chi connectivity index (χ3v) is 12.0. The Bertz CT molecular complexity index is 2660. The third kappa shape index (κ3) is 6.62. The van der Waals surface area contributed by atoms with Crippen LogP contribution in [0.15, 0.2) is 72.4 Å². The maximum atomic E-state index is 13.2. The molecule has 6 aromatic rings. The van der Waals surface area contributed by atoms with Crippen LogP contribution in [0, 0.1) is 25.7 Å². The number of nitrogens with zero attached hydrogens (tertiary/aromatic N) is 9. The molecule has 3 aliphatic heterocycles. The number of piperidine rings is 1. The van der Waals surface area contributed by atoms with Crippen molar-refractivity contribution in [2.45, 2.75) is 71.8 Å². The predicted molar refractivity (Wildman–Crippen MR) is 210 cm³/mol. The van der Waals surface area contributed by atoms with Gasteiger partial charge in [-0.15, -0.1) is 21.5 Å². The van der Waals surface area contributed by atoms with E-state index in [2.05, 4.69) is 53.5 Å². The largest absolute Gasteiger partial charge is 0.335 e. The Balaban J connectivity index is 0.851. The van der Waals surface area contributed by atoms with Gasteiger partial charge in [0, 0.05) is 53.6 Å². The molecular formula is C41H35ClN10O3S. The summed E-state index contributed by atoms with van der Waals surface area (Å²) in [5, 5.41) is 17.3. The summed E-state index contributed by atoms with van der Waals surface area (Å²) in [6.07, 6.45) is 9.60. The molecule has 0 aliphatic carbocycles. The Morgan fingerprint density at radius 2 is 1.86 bits per heavy atom. The summed E-state index contributed by atoms with van der Waals surface area (Å²) in [4.78, 5) is 49.5. The number of aryl methyl sites for hydroxylation is 5. The van der Waals surface area contributed by atoms with Crippen molar-refractivity contribution in [1.29, 1.82) is 0 Å². The first kappa shape index (κ1) is 35.5. The van der Waals surface area contributed by atoms with E-state index in [0.29, 0.717) is 56.0 Å². The van der Waals surface area contributed by atoms with Gasteiger partial charge in [0.25, 0.3) is 5.91 Å². The molecule has 1 fully saturated rings. The fourth-order valence-electron chi connectivity index (χ4n) is 7.60. The van der Waals surface area contributed by atoms with Gasteiger partial charge < -0.3 is 9.47 Å². The molecule has 1 unspecified atom stereocenters. The van der Waals surface area contributed by atoms with Crippen LogP contribution in [0.1, 0.15) is 78.8 Å². The predicted octanol–water partition coefficient (Wildman–Crippen LogP) is 4.99. The van der Waals surface area contributed by atoms with Crippen LogP contribution < -0.4 is 5.32 Å². The number of aromatic nitrogens is 7. The lowest BCUT2D eigenvalue weighted by Gasteiger charge is -2.29. The van der Waals surface area contributed by atoms with E-state index in [1.807, 2.05) is 72.8 Å². The Morgan fingerprint density at radius 3 is 2.70 bits per heavy atom. The number of imidazole rings is 1. The fraction of sp³-hybridized carbons (Fsp3) is 0.268. The van der Waals surface area contributed by atoms with Crippen molar-refractivity contribution in [1.82, 2.24) is 44.3 Å². The molecule has 3 amide bonds. The minimum Gasteiger partial charge on any atom is -0.335 e. The van der Waals surface area contributed by atoms with Gasteiger partial charge in [0.2, 0.25) is 11.8 Å². The van der Waals surface area contributed by atoms with E-state index >= 15 is 0 Å². The van der Waals surface area contributed by atoms with Crippen molar-refractivity contribution in [3.8, 4) is 16.8 Å². The highest BCUT2D eigenvalue weighted by molar-refractivity contribution is 7.15. The third-order valence-electron chi connectivity index (χ3n) is 10.5. The number of carbonyl (C=O) groups is 3. The van der Waals surface area contributed by atoms with Crippen LogP contribution in [0.3, 0.4) is 0 Å². The van der Waals surface area contributed by atoms with Gasteiger partial charge in [-0.3, -0.25) is 33.9 Å². The molecular weight excluding hydrogens is 748 g/mol. The normalized spacial score (nSPS) is 16.1. The summed E-state index contributed by atoms with van der Waals surface area (Å²) in [6, 6.07) is 12.8. The molecule has 2 aromatic carbocycles. The molecule has 7 heterocycles. The molecule has 1 atom stereocenters. The Morgan fingerprint density at radius 1 is 1.00 bits per heavy atom. The number of halogens is 1. The van der Waals surface area contributed by atoms with Gasteiger partial charge in [-0.05, 0) is 68.0 Å². The molecule has 0 saturated carbocycles. The van der Waals surface area contributed by atoms with E-state index in [1.165, 1.54) is 0 Å². The van der Waals surface area contributed by atoms with Gasteiger partial charge in [0.15, 0.2) is 5.82 Å². The first-order valence-electron chi connectivity index (χ1n) is 18.4. The number of thiophene rings is 1. The van der Waals surface area contributed by atoms with Crippen molar-refractivity contribution in [3.05, 3.63) is 134 Å². The van der Waals surface area contributed by atoms with Gasteiger partial charge >= 0.3 is 0 Å². The number of amides is 3. The number of hydrogen-bond donors (Lipinski definition) is 1. The standard InChI is InChI=1S/C41H35ClN10O3S/c1-24-34(56-41-37(24)38(28-7-10-29(42)11-8-28)43-19-35-48-47-25(2)52(35)41)14-6-26-18-45-50(20-26)17-16-49-21-30(44-23-49)12-9-27-4-3-5-31-32(27)22-51(40(31)55)33-13-15-36(53)46-39(33)54/h3-5,7-8,10-11,18,20-21,23,33H,9,12-13,15-17,19,22H2,1-2H3,(H,46,53,54). The van der Waals surface area contributed by atoms with E-state index in [9.17, 15) is 14.4 Å². The Hall–Kier alpha value is -6.17. The minimum atomic E-state index is -0.631. The molecule has 0 spiro atoms. The Labute approximate surface area is 331 Å². The second kappa shape index (κ2) is 14.5. The zero-order chi connectivity index (χ0) is 38.5. The van der Waals surface area contributed by atoms with E-state index in [4.69, 9.17) is 16.6 Å². The monoisotopic (exact) mass is 782 g/mol. The van der Waals surface area contributed by atoms with Crippen LogP contribution >= 0.6 is 22.9 Å². The molecule has 0 radical (unpaired) electrons. The van der Waals surface area contributed by atoms with E-state index in [1.54, 1.807) is 22.4 Å². The summed E-state index contributed by atoms with van der Waals surface area (Å²) >= 11 is 7.82. The molecule has 15 heteroatoms. The zero-order valence-corrected chi connectivity index (χ0v) is 32.2. The summed E-state index contributed by atoms with van der Waals surface area (Å²) in [5.41, 5.74) is 8.34. The van der Waals surface area contributed by atoms with Crippen molar-refractivity contribution in [2.24, 2.45) is 4.99 Å². The van der Waals surface area contributed by atoms with Gasteiger partial charge in [0.1, 0.15) is 23.4 Å². The van der Waals surface area contributed by atoms with Gasteiger partial charge in [0.05, 0.1) is 40.9 Å². The first-order valence-corrected chi connectivity index (χ1v) is 19.6. The number of rotatable bonds is 8. The number of carbonyl (C=O) groups excluding carboxylic acids is 3. The highest BCUT2D eigenvalue weighted by Crippen LogP contribution is 2.37. The van der Waals surface area contributed by atoms with Crippen LogP contribution in [-0.2, 0) is 48.6 Å². The molecule has 1 saturated heterocycles. The SMILES string of the molecule is Cc1c(C#Cc2cnn(CCn3cnc(CCc4cccc5c4CN(C4CCC(=O)NC4=O)C5=O)c3)c2)sc2c1C(c1ccc(Cl)cc1)=NCc1nnc(C)n1-2.